The zero-order chi connectivity index (χ0) is 17.0. The van der Waals surface area contributed by atoms with Crippen LogP contribution < -0.4 is 5.32 Å². The molecule has 0 aliphatic carbocycles. The van der Waals surface area contributed by atoms with Gasteiger partial charge in [-0.15, -0.1) is 11.3 Å². The molecule has 2 aromatic rings. The first kappa shape index (κ1) is 17.8. The number of carbonyl (C=O) groups is 2. The van der Waals surface area contributed by atoms with Crippen LogP contribution in [0.25, 0.3) is 0 Å². The third kappa shape index (κ3) is 4.70. The van der Waals surface area contributed by atoms with Gasteiger partial charge < -0.3 is 10.1 Å². The van der Waals surface area contributed by atoms with Crippen molar-refractivity contribution in [2.75, 3.05) is 6.61 Å². The maximum absolute atomic E-state index is 11.9. The summed E-state index contributed by atoms with van der Waals surface area (Å²) in [6, 6.07) is 6.69. The van der Waals surface area contributed by atoms with Gasteiger partial charge in [-0.1, -0.05) is 29.3 Å². The second-order valence-electron chi connectivity index (χ2n) is 4.97. The monoisotopic (exact) mass is 371 g/mol. The molecule has 4 nitrogen and oxygen atoms in total. The van der Waals surface area contributed by atoms with Gasteiger partial charge in [0.25, 0.3) is 5.91 Å². The molecule has 0 fully saturated rings. The van der Waals surface area contributed by atoms with Gasteiger partial charge in [-0.05, 0) is 48.6 Å². The van der Waals surface area contributed by atoms with Gasteiger partial charge in [-0.2, -0.15) is 0 Å². The topological polar surface area (TPSA) is 55.4 Å². The van der Waals surface area contributed by atoms with Crippen molar-refractivity contribution in [2.24, 2.45) is 0 Å². The van der Waals surface area contributed by atoms with E-state index in [1.165, 1.54) is 11.3 Å². The van der Waals surface area contributed by atoms with Crippen molar-refractivity contribution in [1.29, 1.82) is 0 Å². The second-order valence-corrected chi connectivity index (χ2v) is 6.70. The number of halogens is 2. The van der Waals surface area contributed by atoms with E-state index in [1.54, 1.807) is 23.6 Å². The summed E-state index contributed by atoms with van der Waals surface area (Å²) in [4.78, 5) is 24.2. The lowest BCUT2D eigenvalue weighted by Gasteiger charge is -2.15. The van der Waals surface area contributed by atoms with E-state index in [0.29, 0.717) is 14.9 Å². The average molecular weight is 372 g/mol. The molecule has 2 rings (SSSR count). The van der Waals surface area contributed by atoms with E-state index in [9.17, 15) is 9.59 Å². The first-order valence-electron chi connectivity index (χ1n) is 6.84. The highest BCUT2D eigenvalue weighted by molar-refractivity contribution is 7.12. The van der Waals surface area contributed by atoms with E-state index < -0.39 is 5.97 Å². The Morgan fingerprint density at radius 2 is 2.00 bits per heavy atom. The minimum absolute atomic E-state index is 0.278. The largest absolute Gasteiger partial charge is 0.451 e. The maximum Gasteiger partial charge on any atom is 0.349 e. The molecule has 0 aliphatic rings. The molecule has 1 aromatic carbocycles. The summed E-state index contributed by atoms with van der Waals surface area (Å²) in [5, 5.41) is 5.42. The number of amides is 1. The summed E-state index contributed by atoms with van der Waals surface area (Å²) in [7, 11) is 0. The predicted octanol–water partition coefficient (Wildman–Crippen LogP) is 4.40. The van der Waals surface area contributed by atoms with E-state index in [4.69, 9.17) is 27.9 Å². The third-order valence-electron chi connectivity index (χ3n) is 3.20. The molecule has 1 amide bonds. The van der Waals surface area contributed by atoms with Crippen molar-refractivity contribution in [3.05, 3.63) is 55.7 Å². The quantitative estimate of drug-likeness (QED) is 0.792. The Balaban J connectivity index is 1.88. The molecule has 7 heteroatoms. The number of rotatable bonds is 5. The van der Waals surface area contributed by atoms with Crippen molar-refractivity contribution in [1.82, 2.24) is 5.32 Å². The van der Waals surface area contributed by atoms with Crippen LogP contribution in [0.2, 0.25) is 10.0 Å². The van der Waals surface area contributed by atoms with Crippen molar-refractivity contribution < 1.29 is 14.3 Å². The zero-order valence-electron chi connectivity index (χ0n) is 12.6. The van der Waals surface area contributed by atoms with Crippen molar-refractivity contribution in [3.63, 3.8) is 0 Å². The summed E-state index contributed by atoms with van der Waals surface area (Å²) >= 11 is 13.1. The number of hydrogen-bond acceptors (Lipinski definition) is 4. The Hall–Kier alpha value is -1.56. The molecule has 23 heavy (non-hydrogen) atoms. The SMILES string of the molecule is Cc1ccsc1C(=O)OCC(=O)N[C@@H](C)c1ccc(Cl)c(Cl)c1. The first-order valence-corrected chi connectivity index (χ1v) is 8.47. The molecular weight excluding hydrogens is 357 g/mol. The van der Waals surface area contributed by atoms with Crippen LogP contribution in [0.4, 0.5) is 0 Å². The highest BCUT2D eigenvalue weighted by Crippen LogP contribution is 2.25. The van der Waals surface area contributed by atoms with E-state index in [0.717, 1.165) is 11.1 Å². The molecule has 1 aromatic heterocycles. The lowest BCUT2D eigenvalue weighted by atomic mass is 10.1. The molecular formula is C16H15Cl2NO3S. The Kier molecular flexibility index (Phi) is 6.04. The zero-order valence-corrected chi connectivity index (χ0v) is 14.9. The van der Waals surface area contributed by atoms with Crippen molar-refractivity contribution in [3.8, 4) is 0 Å². The van der Waals surface area contributed by atoms with Crippen LogP contribution in [0.1, 0.15) is 33.8 Å². The minimum Gasteiger partial charge on any atom is -0.451 e. The Labute approximate surface area is 148 Å². The van der Waals surface area contributed by atoms with Gasteiger partial charge >= 0.3 is 5.97 Å². The van der Waals surface area contributed by atoms with Crippen LogP contribution in [0.15, 0.2) is 29.6 Å². The van der Waals surface area contributed by atoms with E-state index in [-0.39, 0.29) is 18.6 Å². The lowest BCUT2D eigenvalue weighted by Crippen LogP contribution is -2.31. The van der Waals surface area contributed by atoms with Crippen molar-refractivity contribution >= 4 is 46.4 Å². The van der Waals surface area contributed by atoms with Gasteiger partial charge in [-0.3, -0.25) is 4.79 Å². The van der Waals surface area contributed by atoms with Gasteiger partial charge in [-0.25, -0.2) is 4.79 Å². The Morgan fingerprint density at radius 1 is 1.26 bits per heavy atom. The minimum atomic E-state index is -0.491. The van der Waals surface area contributed by atoms with Crippen LogP contribution in [-0.4, -0.2) is 18.5 Å². The number of ether oxygens (including phenoxy) is 1. The third-order valence-corrected chi connectivity index (χ3v) is 4.94. The van der Waals surface area contributed by atoms with Gasteiger partial charge in [0.2, 0.25) is 0 Å². The van der Waals surface area contributed by atoms with Crippen LogP contribution in [-0.2, 0) is 9.53 Å². The molecule has 0 spiro atoms. The second kappa shape index (κ2) is 7.81. The molecule has 0 radical (unpaired) electrons. The van der Waals surface area contributed by atoms with Gasteiger partial charge in [0, 0.05) is 0 Å². The number of aryl methyl sites for hydroxylation is 1. The van der Waals surface area contributed by atoms with Gasteiger partial charge in [0.15, 0.2) is 6.61 Å². The lowest BCUT2D eigenvalue weighted by molar-refractivity contribution is -0.124. The fraction of sp³-hybridized carbons (Fsp3) is 0.250. The van der Waals surface area contributed by atoms with E-state index >= 15 is 0 Å². The predicted molar refractivity (Wildman–Crippen MR) is 92.4 cm³/mol. The van der Waals surface area contributed by atoms with Crippen molar-refractivity contribution in [2.45, 2.75) is 19.9 Å². The molecule has 1 N–H and O–H groups in total. The smallest absolute Gasteiger partial charge is 0.349 e. The summed E-state index contributed by atoms with van der Waals surface area (Å²) in [6.07, 6.45) is 0. The molecule has 1 heterocycles. The number of esters is 1. The molecule has 0 saturated heterocycles. The number of nitrogens with one attached hydrogen (secondary N) is 1. The highest BCUT2D eigenvalue weighted by Gasteiger charge is 2.16. The standard InChI is InChI=1S/C16H15Cl2NO3S/c1-9-5-6-23-15(9)16(21)22-8-14(20)19-10(2)11-3-4-12(17)13(18)7-11/h3-7,10H,8H2,1-2H3,(H,19,20)/t10-/m0/s1. The van der Waals surface area contributed by atoms with E-state index in [1.807, 2.05) is 19.9 Å². The summed E-state index contributed by atoms with van der Waals surface area (Å²) in [6.45, 7) is 3.30. The molecule has 1 atom stereocenters. The fourth-order valence-electron chi connectivity index (χ4n) is 1.93. The Morgan fingerprint density at radius 3 is 2.61 bits per heavy atom. The van der Waals surface area contributed by atoms with Crippen LogP contribution in [0.5, 0.6) is 0 Å². The van der Waals surface area contributed by atoms with Gasteiger partial charge in [0.05, 0.1) is 16.1 Å². The normalized spacial score (nSPS) is 11.8. The first-order chi connectivity index (χ1) is 10.9. The average Bonchev–Trinajstić information content (AvgIpc) is 2.93. The van der Waals surface area contributed by atoms with Crippen LogP contribution >= 0.6 is 34.5 Å². The van der Waals surface area contributed by atoms with Crippen LogP contribution in [0, 0.1) is 6.92 Å². The summed E-state index contributed by atoms with van der Waals surface area (Å²) < 4.78 is 5.02. The van der Waals surface area contributed by atoms with Crippen LogP contribution in [0.3, 0.4) is 0 Å². The maximum atomic E-state index is 11.9. The van der Waals surface area contributed by atoms with Gasteiger partial charge in [0.1, 0.15) is 4.88 Å². The molecule has 0 aliphatic heterocycles. The molecule has 0 bridgehead atoms. The number of thiophene rings is 1. The molecule has 0 saturated carbocycles. The molecule has 0 unspecified atom stereocenters. The number of carbonyl (C=O) groups excluding carboxylic acids is 2. The Bertz CT molecular complexity index is 730. The summed E-state index contributed by atoms with van der Waals surface area (Å²) in [5.41, 5.74) is 1.65. The number of benzene rings is 1. The molecule has 122 valence electrons. The fourth-order valence-corrected chi connectivity index (χ4v) is 3.05. The van der Waals surface area contributed by atoms with E-state index in [2.05, 4.69) is 5.32 Å². The summed E-state index contributed by atoms with van der Waals surface area (Å²) in [5.74, 6) is -0.874. The number of hydrogen-bond donors (Lipinski definition) is 1. The highest BCUT2D eigenvalue weighted by atomic mass is 35.5.